The van der Waals surface area contributed by atoms with Gasteiger partial charge in [0.1, 0.15) is 6.04 Å². The Labute approximate surface area is 193 Å². The number of benzene rings is 2. The van der Waals surface area contributed by atoms with Crippen molar-refractivity contribution < 1.29 is 0 Å². The van der Waals surface area contributed by atoms with E-state index >= 15 is 0 Å². The SMILES string of the molecule is Cc1cc(C)c2[nH]c(=O)c([C@H](c3nnnn3Cc3ccccc3)N3CCCCCC3)cc2c1. The highest BCUT2D eigenvalue weighted by Crippen LogP contribution is 2.30. The summed E-state index contributed by atoms with van der Waals surface area (Å²) in [5, 5.41) is 13.8. The van der Waals surface area contributed by atoms with Gasteiger partial charge in [0.25, 0.3) is 5.56 Å². The molecule has 0 unspecified atom stereocenters. The van der Waals surface area contributed by atoms with E-state index < -0.39 is 0 Å². The lowest BCUT2D eigenvalue weighted by molar-refractivity contribution is 0.220. The number of likely N-dealkylation sites (tertiary alicyclic amines) is 1. The second-order valence-corrected chi connectivity index (χ2v) is 9.13. The fraction of sp³-hybridized carbons (Fsp3) is 0.385. The van der Waals surface area contributed by atoms with E-state index in [1.807, 2.05) is 35.9 Å². The van der Waals surface area contributed by atoms with Gasteiger partial charge in [-0.25, -0.2) is 4.68 Å². The monoisotopic (exact) mass is 442 g/mol. The molecule has 1 aliphatic heterocycles. The van der Waals surface area contributed by atoms with Crippen molar-refractivity contribution in [1.29, 1.82) is 0 Å². The summed E-state index contributed by atoms with van der Waals surface area (Å²) in [5.41, 5.74) is 4.91. The molecule has 1 atom stereocenters. The third kappa shape index (κ3) is 4.46. The van der Waals surface area contributed by atoms with Crippen molar-refractivity contribution in [1.82, 2.24) is 30.1 Å². The van der Waals surface area contributed by atoms with E-state index in [1.165, 1.54) is 18.4 Å². The van der Waals surface area contributed by atoms with E-state index in [9.17, 15) is 4.79 Å². The second-order valence-electron chi connectivity index (χ2n) is 9.13. The van der Waals surface area contributed by atoms with Crippen LogP contribution >= 0.6 is 0 Å². The van der Waals surface area contributed by atoms with Crippen molar-refractivity contribution in [3.63, 3.8) is 0 Å². The number of aromatic amines is 1. The minimum atomic E-state index is -0.296. The number of rotatable bonds is 5. The van der Waals surface area contributed by atoms with Gasteiger partial charge >= 0.3 is 0 Å². The smallest absolute Gasteiger partial charge is 0.253 e. The number of hydrogen-bond acceptors (Lipinski definition) is 5. The minimum Gasteiger partial charge on any atom is -0.321 e. The molecule has 2 aromatic carbocycles. The number of hydrogen-bond donors (Lipinski definition) is 1. The Bertz CT molecular complexity index is 1300. The summed E-state index contributed by atoms with van der Waals surface area (Å²) in [6, 6.07) is 16.2. The van der Waals surface area contributed by atoms with Gasteiger partial charge in [-0.05, 0) is 78.9 Å². The first-order chi connectivity index (χ1) is 16.1. The van der Waals surface area contributed by atoms with Crippen molar-refractivity contribution in [3.05, 3.63) is 87.0 Å². The molecule has 7 heteroatoms. The number of pyridine rings is 1. The molecule has 7 nitrogen and oxygen atoms in total. The van der Waals surface area contributed by atoms with Crippen molar-refractivity contribution in [3.8, 4) is 0 Å². The van der Waals surface area contributed by atoms with Gasteiger partial charge in [0.05, 0.1) is 12.1 Å². The molecule has 0 aliphatic carbocycles. The first kappa shape index (κ1) is 21.5. The van der Waals surface area contributed by atoms with Crippen LogP contribution in [0.25, 0.3) is 10.9 Å². The lowest BCUT2D eigenvalue weighted by Gasteiger charge is -2.29. The van der Waals surface area contributed by atoms with Crippen LogP contribution in [0.4, 0.5) is 0 Å². The maximum atomic E-state index is 13.4. The number of aromatic nitrogens is 5. The maximum Gasteiger partial charge on any atom is 0.253 e. The van der Waals surface area contributed by atoms with E-state index in [4.69, 9.17) is 0 Å². The van der Waals surface area contributed by atoms with Crippen LogP contribution in [0.2, 0.25) is 0 Å². The Kier molecular flexibility index (Phi) is 6.05. The second kappa shape index (κ2) is 9.27. The molecule has 0 radical (unpaired) electrons. The van der Waals surface area contributed by atoms with Crippen LogP contribution in [-0.2, 0) is 6.54 Å². The largest absolute Gasteiger partial charge is 0.321 e. The van der Waals surface area contributed by atoms with Crippen LogP contribution in [0, 0.1) is 13.8 Å². The fourth-order valence-electron chi connectivity index (χ4n) is 5.04. The molecule has 33 heavy (non-hydrogen) atoms. The van der Waals surface area contributed by atoms with Crippen LogP contribution < -0.4 is 5.56 Å². The Hall–Kier alpha value is -3.32. The van der Waals surface area contributed by atoms with E-state index in [-0.39, 0.29) is 11.6 Å². The molecule has 1 fully saturated rings. The molecule has 0 spiro atoms. The zero-order valence-electron chi connectivity index (χ0n) is 19.3. The average Bonchev–Trinajstić information content (AvgIpc) is 3.07. The fourth-order valence-corrected chi connectivity index (χ4v) is 5.04. The van der Waals surface area contributed by atoms with Gasteiger partial charge in [0.2, 0.25) is 0 Å². The van der Waals surface area contributed by atoms with E-state index in [1.54, 1.807) is 0 Å². The van der Waals surface area contributed by atoms with Crippen molar-refractivity contribution in [2.45, 2.75) is 52.1 Å². The molecule has 0 bridgehead atoms. The first-order valence-electron chi connectivity index (χ1n) is 11.8. The summed E-state index contributed by atoms with van der Waals surface area (Å²) >= 11 is 0. The number of fused-ring (bicyclic) bond motifs is 1. The van der Waals surface area contributed by atoms with Crippen LogP contribution in [-0.4, -0.2) is 43.2 Å². The molecule has 1 saturated heterocycles. The standard InChI is InChI=1S/C26H30N6O/c1-18-14-19(2)23-21(15-18)16-22(26(33)27-23)24(31-12-8-3-4-9-13-31)25-28-29-30-32(25)17-20-10-6-5-7-11-20/h5-7,10-11,14-16,24H,3-4,8-9,12-13,17H2,1-2H3,(H,27,33)/t24-/m1/s1. The summed E-state index contributed by atoms with van der Waals surface area (Å²) in [5.74, 6) is 0.718. The number of tetrazole rings is 1. The molecule has 2 aromatic heterocycles. The number of aryl methyl sites for hydroxylation is 2. The number of H-pyrrole nitrogens is 1. The lowest BCUT2D eigenvalue weighted by Crippen LogP contribution is -2.36. The van der Waals surface area contributed by atoms with Crippen LogP contribution in [0.3, 0.4) is 0 Å². The van der Waals surface area contributed by atoms with Crippen molar-refractivity contribution >= 4 is 10.9 Å². The highest BCUT2D eigenvalue weighted by molar-refractivity contribution is 5.83. The molecule has 3 heterocycles. The number of nitrogens with one attached hydrogen (secondary N) is 1. The van der Waals surface area contributed by atoms with Crippen LogP contribution in [0.5, 0.6) is 0 Å². The summed E-state index contributed by atoms with van der Waals surface area (Å²) in [4.78, 5) is 19.0. The van der Waals surface area contributed by atoms with Crippen molar-refractivity contribution in [2.75, 3.05) is 13.1 Å². The minimum absolute atomic E-state index is 0.0713. The van der Waals surface area contributed by atoms with Crippen LogP contribution in [0.1, 0.15) is 59.8 Å². The molecule has 4 aromatic rings. The summed E-state index contributed by atoms with van der Waals surface area (Å²) < 4.78 is 1.84. The third-order valence-electron chi connectivity index (χ3n) is 6.60. The summed E-state index contributed by atoms with van der Waals surface area (Å²) in [6.45, 7) is 6.54. The Morgan fingerprint density at radius 1 is 1.00 bits per heavy atom. The van der Waals surface area contributed by atoms with Gasteiger partial charge in [-0.2, -0.15) is 0 Å². The Morgan fingerprint density at radius 2 is 1.76 bits per heavy atom. The van der Waals surface area contributed by atoms with E-state index in [0.29, 0.717) is 12.1 Å². The average molecular weight is 443 g/mol. The van der Waals surface area contributed by atoms with E-state index in [0.717, 1.165) is 53.8 Å². The van der Waals surface area contributed by atoms with Gasteiger partial charge < -0.3 is 4.98 Å². The molecular formula is C26H30N6O. The zero-order chi connectivity index (χ0) is 22.8. The Balaban J connectivity index is 1.65. The molecule has 1 aliphatic rings. The van der Waals surface area contributed by atoms with Gasteiger partial charge in [0, 0.05) is 5.56 Å². The first-order valence-corrected chi connectivity index (χ1v) is 11.8. The van der Waals surface area contributed by atoms with Gasteiger partial charge in [-0.3, -0.25) is 9.69 Å². The molecular weight excluding hydrogens is 412 g/mol. The van der Waals surface area contributed by atoms with Gasteiger partial charge in [0.15, 0.2) is 5.82 Å². The molecule has 1 N–H and O–H groups in total. The normalized spacial score (nSPS) is 16.1. The summed E-state index contributed by atoms with van der Waals surface area (Å²) in [7, 11) is 0. The van der Waals surface area contributed by atoms with Crippen LogP contribution in [0.15, 0.2) is 53.3 Å². The molecule has 0 saturated carbocycles. The predicted octanol–water partition coefficient (Wildman–Crippen LogP) is 4.15. The maximum absolute atomic E-state index is 13.4. The molecule has 0 amide bonds. The van der Waals surface area contributed by atoms with Crippen molar-refractivity contribution in [2.24, 2.45) is 0 Å². The third-order valence-corrected chi connectivity index (χ3v) is 6.60. The highest BCUT2D eigenvalue weighted by Gasteiger charge is 2.31. The quantitative estimate of drug-likeness (QED) is 0.502. The topological polar surface area (TPSA) is 79.7 Å². The van der Waals surface area contributed by atoms with E-state index in [2.05, 4.69) is 56.6 Å². The lowest BCUT2D eigenvalue weighted by atomic mass is 10.0. The van der Waals surface area contributed by atoms with Gasteiger partial charge in [-0.1, -0.05) is 54.8 Å². The van der Waals surface area contributed by atoms with Gasteiger partial charge in [-0.15, -0.1) is 5.10 Å². The zero-order valence-corrected chi connectivity index (χ0v) is 19.3. The highest BCUT2D eigenvalue weighted by atomic mass is 16.1. The number of nitrogens with zero attached hydrogens (tertiary/aromatic N) is 5. The summed E-state index contributed by atoms with van der Waals surface area (Å²) in [6.07, 6.45) is 4.65. The Morgan fingerprint density at radius 3 is 2.52 bits per heavy atom. The molecule has 5 rings (SSSR count). The predicted molar refractivity (Wildman–Crippen MR) is 129 cm³/mol. The molecule has 170 valence electrons.